The van der Waals surface area contributed by atoms with Crippen LogP contribution in [0.5, 0.6) is 5.75 Å². The molecule has 1 aromatic heterocycles. The number of piperazine rings is 1. The molecular weight excluding hydrogens is 264 g/mol. The van der Waals surface area contributed by atoms with E-state index in [9.17, 15) is 0 Å². The molecule has 21 heavy (non-hydrogen) atoms. The number of hydrogen-bond donors (Lipinski definition) is 2. The van der Waals surface area contributed by atoms with E-state index >= 15 is 0 Å². The van der Waals surface area contributed by atoms with Crippen LogP contribution < -0.4 is 10.1 Å². The van der Waals surface area contributed by atoms with E-state index in [0.29, 0.717) is 6.61 Å². The number of rotatable bonds is 5. The monoisotopic (exact) mass is 286 g/mol. The maximum atomic E-state index is 5.68. The lowest BCUT2D eigenvalue weighted by Crippen LogP contribution is -2.43. The van der Waals surface area contributed by atoms with Crippen LogP contribution in [0.2, 0.25) is 0 Å². The van der Waals surface area contributed by atoms with Crippen LogP contribution in [0.25, 0.3) is 11.3 Å². The standard InChI is InChI=1S/C16H22N4O/c1-2-21-15-6-4-3-5-13(15)14-11-18-16(19-14)12-20-9-7-17-8-10-20/h3-6,11,17H,2,7-10,12H2,1H3,(H,18,19). The van der Waals surface area contributed by atoms with E-state index in [1.54, 1.807) is 0 Å². The highest BCUT2D eigenvalue weighted by Crippen LogP contribution is 2.28. The molecule has 1 aromatic carbocycles. The van der Waals surface area contributed by atoms with Gasteiger partial charge in [0.05, 0.1) is 25.0 Å². The number of aromatic amines is 1. The van der Waals surface area contributed by atoms with E-state index in [4.69, 9.17) is 4.74 Å². The molecule has 2 heterocycles. The first-order valence-electron chi connectivity index (χ1n) is 7.56. The van der Waals surface area contributed by atoms with Gasteiger partial charge in [0.15, 0.2) is 0 Å². The summed E-state index contributed by atoms with van der Waals surface area (Å²) in [6, 6.07) is 8.07. The number of ether oxygens (including phenoxy) is 1. The highest BCUT2D eigenvalue weighted by atomic mass is 16.5. The van der Waals surface area contributed by atoms with Crippen LogP contribution in [0.1, 0.15) is 12.7 Å². The number of nitrogens with zero attached hydrogens (tertiary/aromatic N) is 2. The van der Waals surface area contributed by atoms with Crippen molar-refractivity contribution in [2.45, 2.75) is 13.5 Å². The highest BCUT2D eigenvalue weighted by Gasteiger charge is 2.13. The number of benzene rings is 1. The van der Waals surface area contributed by atoms with Crippen LogP contribution in [0, 0.1) is 0 Å². The van der Waals surface area contributed by atoms with E-state index in [-0.39, 0.29) is 0 Å². The van der Waals surface area contributed by atoms with Gasteiger partial charge in [0.1, 0.15) is 11.6 Å². The third-order valence-electron chi connectivity index (χ3n) is 3.69. The Morgan fingerprint density at radius 2 is 2.05 bits per heavy atom. The van der Waals surface area contributed by atoms with Crippen LogP contribution in [-0.2, 0) is 6.54 Å². The average molecular weight is 286 g/mol. The number of imidazole rings is 1. The second kappa shape index (κ2) is 6.74. The molecule has 0 spiro atoms. The van der Waals surface area contributed by atoms with Gasteiger partial charge in [0.25, 0.3) is 0 Å². The smallest absolute Gasteiger partial charge is 0.128 e. The Hall–Kier alpha value is -1.85. The van der Waals surface area contributed by atoms with Crippen LogP contribution in [0.4, 0.5) is 0 Å². The summed E-state index contributed by atoms with van der Waals surface area (Å²) in [7, 11) is 0. The van der Waals surface area contributed by atoms with Crippen LogP contribution >= 0.6 is 0 Å². The molecule has 0 radical (unpaired) electrons. The maximum Gasteiger partial charge on any atom is 0.128 e. The molecule has 1 saturated heterocycles. The molecule has 0 bridgehead atoms. The molecule has 112 valence electrons. The lowest BCUT2D eigenvalue weighted by atomic mass is 10.1. The van der Waals surface area contributed by atoms with Crippen molar-refractivity contribution < 1.29 is 4.74 Å². The van der Waals surface area contributed by atoms with Crippen molar-refractivity contribution in [2.75, 3.05) is 32.8 Å². The largest absolute Gasteiger partial charge is 0.493 e. The van der Waals surface area contributed by atoms with Gasteiger partial charge >= 0.3 is 0 Å². The first-order chi connectivity index (χ1) is 10.4. The Labute approximate surface area is 125 Å². The molecule has 1 fully saturated rings. The summed E-state index contributed by atoms with van der Waals surface area (Å²) in [5, 5.41) is 3.36. The fraction of sp³-hybridized carbons (Fsp3) is 0.438. The van der Waals surface area contributed by atoms with Crippen molar-refractivity contribution in [3.05, 3.63) is 36.3 Å². The van der Waals surface area contributed by atoms with Gasteiger partial charge in [-0.05, 0) is 19.1 Å². The van der Waals surface area contributed by atoms with Crippen molar-refractivity contribution in [3.8, 4) is 17.0 Å². The Kier molecular flexibility index (Phi) is 4.52. The van der Waals surface area contributed by atoms with E-state index < -0.39 is 0 Å². The zero-order valence-corrected chi connectivity index (χ0v) is 12.4. The summed E-state index contributed by atoms with van der Waals surface area (Å²) in [6.07, 6.45) is 1.90. The number of para-hydroxylation sites is 1. The molecule has 3 rings (SSSR count). The fourth-order valence-electron chi connectivity index (χ4n) is 2.63. The molecule has 0 atom stereocenters. The Morgan fingerprint density at radius 3 is 2.86 bits per heavy atom. The summed E-state index contributed by atoms with van der Waals surface area (Å²) in [5.74, 6) is 1.91. The second-order valence-corrected chi connectivity index (χ2v) is 5.20. The first-order valence-corrected chi connectivity index (χ1v) is 7.56. The van der Waals surface area contributed by atoms with Gasteiger partial charge in [-0.1, -0.05) is 12.1 Å². The molecule has 1 aliphatic rings. The van der Waals surface area contributed by atoms with Crippen molar-refractivity contribution in [2.24, 2.45) is 0 Å². The summed E-state index contributed by atoms with van der Waals surface area (Å²) >= 11 is 0. The van der Waals surface area contributed by atoms with Gasteiger partial charge < -0.3 is 15.0 Å². The van der Waals surface area contributed by atoms with Crippen LogP contribution in [0.15, 0.2) is 30.5 Å². The SMILES string of the molecule is CCOc1ccccc1-c1cnc(CN2CCNCC2)[nH]1. The number of aromatic nitrogens is 2. The fourth-order valence-corrected chi connectivity index (χ4v) is 2.63. The van der Waals surface area contributed by atoms with Crippen molar-refractivity contribution in [1.29, 1.82) is 0 Å². The third kappa shape index (κ3) is 3.43. The molecule has 2 N–H and O–H groups in total. The van der Waals surface area contributed by atoms with Crippen molar-refractivity contribution in [1.82, 2.24) is 20.2 Å². The Bertz CT molecular complexity index is 575. The summed E-state index contributed by atoms with van der Waals surface area (Å²) in [6.45, 7) is 7.80. The molecule has 0 aliphatic carbocycles. The lowest BCUT2D eigenvalue weighted by molar-refractivity contribution is 0.228. The predicted molar refractivity (Wildman–Crippen MR) is 83.3 cm³/mol. The average Bonchev–Trinajstić information content (AvgIpc) is 2.97. The molecule has 0 unspecified atom stereocenters. The van der Waals surface area contributed by atoms with Gasteiger partial charge in [0.2, 0.25) is 0 Å². The predicted octanol–water partition coefficient (Wildman–Crippen LogP) is 1.88. The molecule has 2 aromatic rings. The minimum atomic E-state index is 0.665. The van der Waals surface area contributed by atoms with Crippen molar-refractivity contribution in [3.63, 3.8) is 0 Å². The van der Waals surface area contributed by atoms with E-state index in [2.05, 4.69) is 26.3 Å². The van der Waals surface area contributed by atoms with Gasteiger partial charge in [0, 0.05) is 31.7 Å². The van der Waals surface area contributed by atoms with Crippen LogP contribution in [-0.4, -0.2) is 47.7 Å². The Morgan fingerprint density at radius 1 is 1.24 bits per heavy atom. The normalized spacial score (nSPS) is 16.0. The van der Waals surface area contributed by atoms with Gasteiger partial charge in [-0.3, -0.25) is 4.90 Å². The van der Waals surface area contributed by atoms with Crippen LogP contribution in [0.3, 0.4) is 0 Å². The van der Waals surface area contributed by atoms with Gasteiger partial charge in [-0.15, -0.1) is 0 Å². The van der Waals surface area contributed by atoms with E-state index in [0.717, 1.165) is 55.6 Å². The summed E-state index contributed by atoms with van der Waals surface area (Å²) in [5.41, 5.74) is 2.09. The molecule has 1 aliphatic heterocycles. The minimum Gasteiger partial charge on any atom is -0.493 e. The molecule has 0 saturated carbocycles. The number of hydrogen-bond acceptors (Lipinski definition) is 4. The van der Waals surface area contributed by atoms with E-state index in [1.807, 2.05) is 31.3 Å². The minimum absolute atomic E-state index is 0.665. The van der Waals surface area contributed by atoms with E-state index in [1.165, 1.54) is 0 Å². The first kappa shape index (κ1) is 14.1. The molecule has 5 nitrogen and oxygen atoms in total. The third-order valence-corrected chi connectivity index (χ3v) is 3.69. The quantitative estimate of drug-likeness (QED) is 0.881. The second-order valence-electron chi connectivity index (χ2n) is 5.20. The molecular formula is C16H22N4O. The topological polar surface area (TPSA) is 53.2 Å². The zero-order chi connectivity index (χ0) is 14.5. The number of H-pyrrole nitrogens is 1. The zero-order valence-electron chi connectivity index (χ0n) is 12.4. The maximum absolute atomic E-state index is 5.68. The van der Waals surface area contributed by atoms with Gasteiger partial charge in [-0.2, -0.15) is 0 Å². The lowest BCUT2D eigenvalue weighted by Gasteiger charge is -2.26. The summed E-state index contributed by atoms with van der Waals surface area (Å²) < 4.78 is 5.68. The Balaban J connectivity index is 1.75. The molecule has 0 amide bonds. The summed E-state index contributed by atoms with van der Waals surface area (Å²) in [4.78, 5) is 10.3. The van der Waals surface area contributed by atoms with Crippen molar-refractivity contribution >= 4 is 0 Å². The highest BCUT2D eigenvalue weighted by molar-refractivity contribution is 5.66. The molecule has 5 heteroatoms. The number of nitrogens with one attached hydrogen (secondary N) is 2. The van der Waals surface area contributed by atoms with Gasteiger partial charge in [-0.25, -0.2) is 4.98 Å².